The molecule has 4 heteroatoms. The first-order valence-electron chi connectivity index (χ1n) is 7.56. The summed E-state index contributed by atoms with van der Waals surface area (Å²) in [5.41, 5.74) is 0.893. The summed E-state index contributed by atoms with van der Waals surface area (Å²) in [4.78, 5) is 0. The van der Waals surface area contributed by atoms with Crippen molar-refractivity contribution in [3.05, 3.63) is 35.9 Å². The zero-order valence-corrected chi connectivity index (χ0v) is 13.0. The predicted molar refractivity (Wildman–Crippen MR) is 83.4 cm³/mol. The number of benzene rings is 1. The third kappa shape index (κ3) is 4.06. The van der Waals surface area contributed by atoms with Crippen LogP contribution in [0.2, 0.25) is 0 Å². The number of hydrogen-bond donors (Lipinski definition) is 1. The molecule has 0 bridgehead atoms. The van der Waals surface area contributed by atoms with Crippen LogP contribution in [0.4, 0.5) is 0 Å². The highest BCUT2D eigenvalue weighted by molar-refractivity contribution is 7.91. The van der Waals surface area contributed by atoms with E-state index in [0.717, 1.165) is 37.7 Å². The maximum Gasteiger partial charge on any atom is 0.158 e. The second-order valence-corrected chi connectivity index (χ2v) is 7.94. The maximum absolute atomic E-state index is 12.7. The highest BCUT2D eigenvalue weighted by Gasteiger charge is 2.32. The summed E-state index contributed by atoms with van der Waals surface area (Å²) in [7, 11) is -1.21. The fourth-order valence-corrected chi connectivity index (χ4v) is 5.29. The zero-order chi connectivity index (χ0) is 14.4. The molecule has 0 heterocycles. The summed E-state index contributed by atoms with van der Waals surface area (Å²) in [5, 5.41) is 2.99. The van der Waals surface area contributed by atoms with Gasteiger partial charge in [0, 0.05) is 6.04 Å². The largest absolute Gasteiger partial charge is 0.316 e. The minimum atomic E-state index is -3.10. The first-order chi connectivity index (χ1) is 9.63. The smallest absolute Gasteiger partial charge is 0.158 e. The number of sulfone groups is 1. The molecule has 0 aliphatic heterocycles. The van der Waals surface area contributed by atoms with E-state index in [1.807, 2.05) is 37.4 Å². The fraction of sp³-hybridized carbons (Fsp3) is 0.625. The van der Waals surface area contributed by atoms with E-state index < -0.39 is 9.84 Å². The highest BCUT2D eigenvalue weighted by Crippen LogP contribution is 2.25. The van der Waals surface area contributed by atoms with Crippen molar-refractivity contribution in [1.29, 1.82) is 0 Å². The molecule has 0 aromatic heterocycles. The van der Waals surface area contributed by atoms with Gasteiger partial charge in [-0.05, 0) is 25.5 Å². The third-order valence-corrected chi connectivity index (χ3v) is 6.47. The molecule has 0 amide bonds. The van der Waals surface area contributed by atoms with Crippen LogP contribution in [0.1, 0.15) is 44.1 Å². The van der Waals surface area contributed by atoms with Crippen LogP contribution < -0.4 is 5.32 Å². The van der Waals surface area contributed by atoms with E-state index in [1.165, 1.54) is 6.42 Å². The van der Waals surface area contributed by atoms with E-state index in [1.54, 1.807) is 0 Å². The normalized spacial score (nSPS) is 24.9. The van der Waals surface area contributed by atoms with E-state index in [9.17, 15) is 8.42 Å². The van der Waals surface area contributed by atoms with Gasteiger partial charge in [-0.2, -0.15) is 0 Å². The summed E-state index contributed by atoms with van der Waals surface area (Å²) in [6.45, 7) is 0. The van der Waals surface area contributed by atoms with Gasteiger partial charge < -0.3 is 5.32 Å². The van der Waals surface area contributed by atoms with Crippen molar-refractivity contribution >= 4 is 9.84 Å². The van der Waals surface area contributed by atoms with Gasteiger partial charge in [0.15, 0.2) is 9.84 Å². The molecule has 1 saturated carbocycles. The Labute approximate surface area is 122 Å². The fourth-order valence-electron chi connectivity index (χ4n) is 3.12. The molecule has 112 valence electrons. The van der Waals surface area contributed by atoms with Crippen LogP contribution in [0.25, 0.3) is 0 Å². The lowest BCUT2D eigenvalue weighted by molar-refractivity contribution is 0.405. The van der Waals surface area contributed by atoms with Crippen LogP contribution in [-0.2, 0) is 15.6 Å². The van der Waals surface area contributed by atoms with Gasteiger partial charge >= 0.3 is 0 Å². The molecule has 1 aliphatic carbocycles. The van der Waals surface area contributed by atoms with Gasteiger partial charge in [-0.25, -0.2) is 8.42 Å². The lowest BCUT2D eigenvalue weighted by Gasteiger charge is -2.29. The molecule has 0 spiro atoms. The maximum atomic E-state index is 12.7. The van der Waals surface area contributed by atoms with E-state index in [2.05, 4.69) is 5.32 Å². The van der Waals surface area contributed by atoms with E-state index in [4.69, 9.17) is 0 Å². The highest BCUT2D eigenvalue weighted by atomic mass is 32.2. The lowest BCUT2D eigenvalue weighted by atomic mass is 9.96. The standard InChI is InChI=1S/C16H25NO2S/c1-17-15-11-7-2-3-8-12-16(15)20(18,19)13-14-9-5-4-6-10-14/h4-6,9-10,15-17H,2-3,7-8,11-13H2,1H3. The van der Waals surface area contributed by atoms with Crippen LogP contribution in [0.15, 0.2) is 30.3 Å². The molecule has 1 N–H and O–H groups in total. The second-order valence-electron chi connectivity index (χ2n) is 5.72. The molecule has 1 aromatic rings. The van der Waals surface area contributed by atoms with Crippen molar-refractivity contribution in [2.75, 3.05) is 7.05 Å². The Hall–Kier alpha value is -0.870. The van der Waals surface area contributed by atoms with E-state index >= 15 is 0 Å². The van der Waals surface area contributed by atoms with Gasteiger partial charge in [-0.1, -0.05) is 56.0 Å². The molecule has 0 radical (unpaired) electrons. The first-order valence-corrected chi connectivity index (χ1v) is 9.28. The van der Waals surface area contributed by atoms with Crippen LogP contribution >= 0.6 is 0 Å². The SMILES string of the molecule is CNC1CCCCCCC1S(=O)(=O)Cc1ccccc1. The van der Waals surface area contributed by atoms with Crippen molar-refractivity contribution in [1.82, 2.24) is 5.32 Å². The van der Waals surface area contributed by atoms with E-state index in [-0.39, 0.29) is 17.0 Å². The van der Waals surface area contributed by atoms with Crippen molar-refractivity contribution in [2.24, 2.45) is 0 Å². The molecule has 3 nitrogen and oxygen atoms in total. The Balaban J connectivity index is 2.16. The van der Waals surface area contributed by atoms with Crippen LogP contribution in [0, 0.1) is 0 Å². The van der Waals surface area contributed by atoms with Gasteiger partial charge in [0.1, 0.15) is 0 Å². The molecular formula is C16H25NO2S. The Morgan fingerprint density at radius 1 is 1.05 bits per heavy atom. The summed E-state index contributed by atoms with van der Waals surface area (Å²) >= 11 is 0. The minimum Gasteiger partial charge on any atom is -0.316 e. The van der Waals surface area contributed by atoms with Crippen molar-refractivity contribution < 1.29 is 8.42 Å². The van der Waals surface area contributed by atoms with Crippen LogP contribution in [0.3, 0.4) is 0 Å². The molecular weight excluding hydrogens is 270 g/mol. The average molecular weight is 295 g/mol. The predicted octanol–water partition coefficient (Wildman–Crippen LogP) is 2.91. The number of hydrogen-bond acceptors (Lipinski definition) is 3. The molecule has 1 aliphatic rings. The number of nitrogens with one attached hydrogen (secondary N) is 1. The molecule has 0 saturated heterocycles. The molecule has 2 atom stereocenters. The zero-order valence-electron chi connectivity index (χ0n) is 12.2. The Kier molecular flexibility index (Phi) is 5.61. The Bertz CT molecular complexity index is 498. The average Bonchev–Trinajstić information content (AvgIpc) is 2.39. The molecule has 2 unspecified atom stereocenters. The summed E-state index contributed by atoms with van der Waals surface area (Å²) < 4.78 is 25.5. The van der Waals surface area contributed by atoms with E-state index in [0.29, 0.717) is 0 Å². The molecule has 20 heavy (non-hydrogen) atoms. The monoisotopic (exact) mass is 295 g/mol. The first kappa shape index (κ1) is 15.5. The summed E-state index contributed by atoms with van der Waals surface area (Å²) in [5.74, 6) is 0.163. The summed E-state index contributed by atoms with van der Waals surface area (Å²) in [6.07, 6.45) is 6.30. The second kappa shape index (κ2) is 7.23. The minimum absolute atomic E-state index is 0.101. The van der Waals surface area contributed by atoms with Gasteiger partial charge in [0.25, 0.3) is 0 Å². The van der Waals surface area contributed by atoms with Gasteiger partial charge in [0.05, 0.1) is 11.0 Å². The van der Waals surface area contributed by atoms with Gasteiger partial charge in [-0.3, -0.25) is 0 Å². The Morgan fingerprint density at radius 3 is 2.35 bits per heavy atom. The van der Waals surface area contributed by atoms with Crippen molar-refractivity contribution in [3.8, 4) is 0 Å². The summed E-state index contributed by atoms with van der Waals surface area (Å²) in [6, 6.07) is 9.62. The van der Waals surface area contributed by atoms with Crippen molar-refractivity contribution in [2.45, 2.75) is 55.6 Å². The number of rotatable bonds is 4. The third-order valence-electron chi connectivity index (χ3n) is 4.25. The van der Waals surface area contributed by atoms with Crippen LogP contribution in [-0.4, -0.2) is 26.8 Å². The lowest BCUT2D eigenvalue weighted by Crippen LogP contribution is -2.43. The quantitative estimate of drug-likeness (QED) is 0.929. The molecule has 1 fully saturated rings. The van der Waals surface area contributed by atoms with Crippen molar-refractivity contribution in [3.63, 3.8) is 0 Å². The molecule has 2 rings (SSSR count). The van der Waals surface area contributed by atoms with Crippen LogP contribution in [0.5, 0.6) is 0 Å². The topological polar surface area (TPSA) is 46.2 Å². The van der Waals surface area contributed by atoms with Gasteiger partial charge in [-0.15, -0.1) is 0 Å². The molecule has 1 aromatic carbocycles. The van der Waals surface area contributed by atoms with Gasteiger partial charge in [0.2, 0.25) is 0 Å². The Morgan fingerprint density at radius 2 is 1.70 bits per heavy atom.